The Hall–Kier alpha value is -0.380. The minimum absolute atomic E-state index is 0.00756. The van der Waals surface area contributed by atoms with E-state index in [9.17, 15) is 4.79 Å². The molecule has 2 atom stereocenters. The molecule has 0 spiro atoms. The Kier molecular flexibility index (Phi) is 4.00. The summed E-state index contributed by atoms with van der Waals surface area (Å²) in [6.07, 6.45) is 5.31. The van der Waals surface area contributed by atoms with Crippen molar-refractivity contribution in [2.75, 3.05) is 0 Å². The lowest BCUT2D eigenvalue weighted by Crippen LogP contribution is -2.34. The Bertz CT molecular complexity index is 377. The number of Topliss-reactive ketones (excluding diaryl/α,β-unsaturated/α-hetero) is 1. The maximum absolute atomic E-state index is 12.3. The van der Waals surface area contributed by atoms with Crippen molar-refractivity contribution in [2.24, 2.45) is 11.7 Å². The fraction of sp³-hybridized carbons (Fsp3) is 0.583. The smallest absolute Gasteiger partial charge is 0.178 e. The molecule has 1 aromatic rings. The summed E-state index contributed by atoms with van der Waals surface area (Å²) in [5.41, 5.74) is 6.08. The van der Waals surface area contributed by atoms with E-state index in [2.05, 4.69) is 0 Å². The fourth-order valence-electron chi connectivity index (χ4n) is 2.30. The van der Waals surface area contributed by atoms with Crippen molar-refractivity contribution in [2.45, 2.75) is 38.1 Å². The SMILES string of the molecule is NC1CCCCCC1C(=O)c1sccc1Cl. The van der Waals surface area contributed by atoms with E-state index in [1.54, 1.807) is 6.07 Å². The minimum Gasteiger partial charge on any atom is -0.327 e. The molecule has 0 amide bonds. The molecule has 2 N–H and O–H groups in total. The van der Waals surface area contributed by atoms with Gasteiger partial charge in [0.1, 0.15) is 0 Å². The molecule has 1 heterocycles. The molecule has 1 aliphatic rings. The highest BCUT2D eigenvalue weighted by Gasteiger charge is 2.29. The van der Waals surface area contributed by atoms with Gasteiger partial charge in [-0.05, 0) is 24.3 Å². The van der Waals surface area contributed by atoms with Crippen molar-refractivity contribution in [1.82, 2.24) is 0 Å². The van der Waals surface area contributed by atoms with E-state index in [-0.39, 0.29) is 17.7 Å². The molecule has 1 fully saturated rings. The van der Waals surface area contributed by atoms with Gasteiger partial charge in [0.25, 0.3) is 0 Å². The van der Waals surface area contributed by atoms with Crippen LogP contribution in [0.25, 0.3) is 0 Å². The van der Waals surface area contributed by atoms with Crippen molar-refractivity contribution in [1.29, 1.82) is 0 Å². The fourth-order valence-corrected chi connectivity index (χ4v) is 3.45. The van der Waals surface area contributed by atoms with Crippen LogP contribution in [0.2, 0.25) is 5.02 Å². The van der Waals surface area contributed by atoms with E-state index in [0.717, 1.165) is 25.7 Å². The molecule has 1 saturated carbocycles. The number of carbonyl (C=O) groups is 1. The summed E-state index contributed by atoms with van der Waals surface area (Å²) in [6.45, 7) is 0. The monoisotopic (exact) mass is 257 g/mol. The Labute approximate surface area is 105 Å². The molecule has 2 nitrogen and oxygen atoms in total. The van der Waals surface area contributed by atoms with Gasteiger partial charge in [0.15, 0.2) is 5.78 Å². The highest BCUT2D eigenvalue weighted by atomic mass is 35.5. The van der Waals surface area contributed by atoms with Gasteiger partial charge in [0.05, 0.1) is 9.90 Å². The van der Waals surface area contributed by atoms with E-state index in [1.807, 2.05) is 5.38 Å². The van der Waals surface area contributed by atoms with Gasteiger partial charge in [0, 0.05) is 12.0 Å². The number of hydrogen-bond acceptors (Lipinski definition) is 3. The summed E-state index contributed by atoms with van der Waals surface area (Å²) < 4.78 is 0. The van der Waals surface area contributed by atoms with Crippen LogP contribution < -0.4 is 5.73 Å². The third kappa shape index (κ3) is 2.47. The zero-order valence-electron chi connectivity index (χ0n) is 9.12. The lowest BCUT2D eigenvalue weighted by Gasteiger charge is -2.19. The van der Waals surface area contributed by atoms with Gasteiger partial charge in [-0.2, -0.15) is 0 Å². The maximum atomic E-state index is 12.3. The van der Waals surface area contributed by atoms with Gasteiger partial charge in [-0.3, -0.25) is 4.79 Å². The second-order valence-corrected chi connectivity index (χ2v) is 5.69. The predicted molar refractivity (Wildman–Crippen MR) is 68.2 cm³/mol. The number of carbonyl (C=O) groups excluding carboxylic acids is 1. The van der Waals surface area contributed by atoms with Gasteiger partial charge < -0.3 is 5.73 Å². The van der Waals surface area contributed by atoms with Crippen LogP contribution in [-0.2, 0) is 0 Å². The molecule has 2 unspecified atom stereocenters. The molecule has 0 bridgehead atoms. The van der Waals surface area contributed by atoms with Crippen molar-refractivity contribution in [3.05, 3.63) is 21.3 Å². The second-order valence-electron chi connectivity index (χ2n) is 4.37. The first-order valence-corrected chi connectivity index (χ1v) is 6.98. The van der Waals surface area contributed by atoms with Crippen LogP contribution in [0.5, 0.6) is 0 Å². The number of rotatable bonds is 2. The molecule has 0 aliphatic heterocycles. The summed E-state index contributed by atoms with van der Waals surface area (Å²) in [5.74, 6) is 0.119. The van der Waals surface area contributed by atoms with Gasteiger partial charge in [-0.1, -0.05) is 30.9 Å². The summed E-state index contributed by atoms with van der Waals surface area (Å²) in [5, 5.41) is 2.43. The van der Waals surface area contributed by atoms with Crippen molar-refractivity contribution in [3.8, 4) is 0 Å². The first kappa shape index (κ1) is 12.1. The molecular formula is C12H16ClNOS. The summed E-state index contributed by atoms with van der Waals surface area (Å²) in [6, 6.07) is 1.79. The standard InChI is InChI=1S/C12H16ClNOS/c13-9-6-7-16-12(9)11(15)8-4-2-1-3-5-10(8)14/h6-8,10H,1-5,14H2. The third-order valence-corrected chi connectivity index (χ3v) is 4.60. The van der Waals surface area contributed by atoms with Crippen LogP contribution in [0, 0.1) is 5.92 Å². The minimum atomic E-state index is -0.0290. The average molecular weight is 258 g/mol. The van der Waals surface area contributed by atoms with Crippen LogP contribution in [0.4, 0.5) is 0 Å². The summed E-state index contributed by atoms with van der Waals surface area (Å²) >= 11 is 7.41. The van der Waals surface area contributed by atoms with Gasteiger partial charge >= 0.3 is 0 Å². The van der Waals surface area contributed by atoms with E-state index < -0.39 is 0 Å². The number of ketones is 1. The van der Waals surface area contributed by atoms with Crippen molar-refractivity contribution >= 4 is 28.7 Å². The molecule has 1 aromatic heterocycles. The largest absolute Gasteiger partial charge is 0.327 e. The van der Waals surface area contributed by atoms with E-state index in [1.165, 1.54) is 17.8 Å². The highest BCUT2D eigenvalue weighted by Crippen LogP contribution is 2.30. The first-order chi connectivity index (χ1) is 7.70. The maximum Gasteiger partial charge on any atom is 0.178 e. The van der Waals surface area contributed by atoms with Crippen LogP contribution in [0.3, 0.4) is 0 Å². The van der Waals surface area contributed by atoms with E-state index in [0.29, 0.717) is 9.90 Å². The topological polar surface area (TPSA) is 43.1 Å². The number of halogens is 1. The molecule has 88 valence electrons. The summed E-state index contributed by atoms with van der Waals surface area (Å²) in [7, 11) is 0. The molecule has 0 saturated heterocycles. The van der Waals surface area contributed by atoms with Crippen molar-refractivity contribution in [3.63, 3.8) is 0 Å². The molecule has 0 aromatic carbocycles. The lowest BCUT2D eigenvalue weighted by atomic mass is 9.90. The first-order valence-electron chi connectivity index (χ1n) is 5.73. The van der Waals surface area contributed by atoms with Crippen LogP contribution in [0.15, 0.2) is 11.4 Å². The van der Waals surface area contributed by atoms with Crippen LogP contribution in [-0.4, -0.2) is 11.8 Å². The zero-order chi connectivity index (χ0) is 11.5. The van der Waals surface area contributed by atoms with Gasteiger partial charge in [0.2, 0.25) is 0 Å². The Morgan fingerprint density at radius 2 is 2.12 bits per heavy atom. The second kappa shape index (κ2) is 5.30. The van der Waals surface area contributed by atoms with Gasteiger partial charge in [-0.25, -0.2) is 0 Å². The average Bonchev–Trinajstić information content (AvgIpc) is 2.56. The molecule has 1 aliphatic carbocycles. The van der Waals surface area contributed by atoms with Crippen LogP contribution >= 0.6 is 22.9 Å². The normalized spacial score (nSPS) is 26.4. The zero-order valence-corrected chi connectivity index (χ0v) is 10.7. The Morgan fingerprint density at radius 1 is 1.38 bits per heavy atom. The Balaban J connectivity index is 2.17. The highest BCUT2D eigenvalue weighted by molar-refractivity contribution is 7.12. The molecule has 4 heteroatoms. The van der Waals surface area contributed by atoms with E-state index in [4.69, 9.17) is 17.3 Å². The predicted octanol–water partition coefficient (Wildman–Crippen LogP) is 3.49. The molecule has 0 radical (unpaired) electrons. The summed E-state index contributed by atoms with van der Waals surface area (Å²) in [4.78, 5) is 13.0. The molecule has 2 rings (SSSR count). The van der Waals surface area contributed by atoms with E-state index >= 15 is 0 Å². The lowest BCUT2D eigenvalue weighted by molar-refractivity contribution is 0.0899. The number of hydrogen-bond donors (Lipinski definition) is 1. The molecule has 16 heavy (non-hydrogen) atoms. The number of nitrogens with two attached hydrogens (primary N) is 1. The Morgan fingerprint density at radius 3 is 2.81 bits per heavy atom. The van der Waals surface area contributed by atoms with Crippen molar-refractivity contribution < 1.29 is 4.79 Å². The number of thiophene rings is 1. The molecular weight excluding hydrogens is 242 g/mol. The van der Waals surface area contributed by atoms with Gasteiger partial charge in [-0.15, -0.1) is 11.3 Å². The quantitative estimate of drug-likeness (QED) is 0.651. The van der Waals surface area contributed by atoms with Crippen LogP contribution in [0.1, 0.15) is 41.8 Å². The third-order valence-electron chi connectivity index (χ3n) is 3.25.